The SMILES string of the molecule is CN(CCOCCO)c1cc(F)cc(CN)c1. The van der Waals surface area contributed by atoms with E-state index in [1.165, 1.54) is 12.1 Å². The molecule has 5 heteroatoms. The monoisotopic (exact) mass is 242 g/mol. The summed E-state index contributed by atoms with van der Waals surface area (Å²) in [6.45, 7) is 1.78. The van der Waals surface area contributed by atoms with Crippen LogP contribution >= 0.6 is 0 Å². The summed E-state index contributed by atoms with van der Waals surface area (Å²) in [5, 5.41) is 8.55. The summed E-state index contributed by atoms with van der Waals surface area (Å²) >= 11 is 0. The lowest BCUT2D eigenvalue weighted by Crippen LogP contribution is -2.23. The van der Waals surface area contributed by atoms with Gasteiger partial charge < -0.3 is 20.5 Å². The van der Waals surface area contributed by atoms with E-state index in [0.29, 0.717) is 26.3 Å². The Labute approximate surface area is 101 Å². The molecule has 4 nitrogen and oxygen atoms in total. The summed E-state index contributed by atoms with van der Waals surface area (Å²) in [5.74, 6) is -0.286. The molecule has 0 atom stereocenters. The Morgan fingerprint density at radius 1 is 1.35 bits per heavy atom. The fraction of sp³-hybridized carbons (Fsp3) is 0.500. The van der Waals surface area contributed by atoms with Gasteiger partial charge in [0.2, 0.25) is 0 Å². The minimum absolute atomic E-state index is 0.0149. The highest BCUT2D eigenvalue weighted by molar-refractivity contribution is 5.48. The van der Waals surface area contributed by atoms with Gasteiger partial charge in [0, 0.05) is 25.8 Å². The topological polar surface area (TPSA) is 58.7 Å². The van der Waals surface area contributed by atoms with Crippen LogP contribution in [0, 0.1) is 5.82 Å². The molecule has 96 valence electrons. The summed E-state index contributed by atoms with van der Waals surface area (Å²) in [5.41, 5.74) is 7.03. The highest BCUT2D eigenvalue weighted by Gasteiger charge is 2.04. The molecule has 0 unspecified atom stereocenters. The van der Waals surface area contributed by atoms with Gasteiger partial charge in [0.1, 0.15) is 5.82 Å². The van der Waals surface area contributed by atoms with Crippen LogP contribution in [0.4, 0.5) is 10.1 Å². The maximum atomic E-state index is 13.3. The number of nitrogens with two attached hydrogens (primary N) is 1. The van der Waals surface area contributed by atoms with Crippen molar-refractivity contribution in [3.8, 4) is 0 Å². The summed E-state index contributed by atoms with van der Waals surface area (Å²) in [4.78, 5) is 1.89. The first-order valence-corrected chi connectivity index (χ1v) is 5.56. The molecule has 1 aromatic rings. The van der Waals surface area contributed by atoms with Crippen LogP contribution in [0.25, 0.3) is 0 Å². The molecular weight excluding hydrogens is 223 g/mol. The Morgan fingerprint density at radius 3 is 2.76 bits per heavy atom. The second kappa shape index (κ2) is 7.21. The van der Waals surface area contributed by atoms with E-state index in [1.807, 2.05) is 18.0 Å². The fourth-order valence-corrected chi connectivity index (χ4v) is 1.47. The van der Waals surface area contributed by atoms with Crippen LogP contribution < -0.4 is 10.6 Å². The number of ether oxygens (including phenoxy) is 1. The van der Waals surface area contributed by atoms with E-state index >= 15 is 0 Å². The molecule has 3 N–H and O–H groups in total. The predicted octanol–water partition coefficient (Wildman–Crippen LogP) is 0.729. The first kappa shape index (κ1) is 13.9. The highest BCUT2D eigenvalue weighted by Crippen LogP contribution is 2.17. The van der Waals surface area contributed by atoms with Gasteiger partial charge in [0.25, 0.3) is 0 Å². The Hall–Kier alpha value is -1.17. The van der Waals surface area contributed by atoms with Crippen molar-refractivity contribution in [3.63, 3.8) is 0 Å². The molecule has 0 aliphatic heterocycles. The van der Waals surface area contributed by atoms with Gasteiger partial charge in [0.05, 0.1) is 19.8 Å². The van der Waals surface area contributed by atoms with Crippen molar-refractivity contribution in [2.45, 2.75) is 6.54 Å². The average Bonchev–Trinajstić information content (AvgIpc) is 2.33. The Morgan fingerprint density at radius 2 is 2.12 bits per heavy atom. The van der Waals surface area contributed by atoms with Crippen molar-refractivity contribution in [2.75, 3.05) is 38.3 Å². The van der Waals surface area contributed by atoms with Gasteiger partial charge in [-0.05, 0) is 23.8 Å². The van der Waals surface area contributed by atoms with E-state index in [0.717, 1.165) is 11.3 Å². The number of rotatable bonds is 7. The third-order valence-corrected chi connectivity index (χ3v) is 2.43. The minimum Gasteiger partial charge on any atom is -0.394 e. The predicted molar refractivity (Wildman–Crippen MR) is 65.5 cm³/mol. The molecule has 0 spiro atoms. The molecule has 1 aromatic carbocycles. The van der Waals surface area contributed by atoms with E-state index in [-0.39, 0.29) is 12.4 Å². The molecule has 1 rings (SSSR count). The van der Waals surface area contributed by atoms with Crippen molar-refractivity contribution < 1.29 is 14.2 Å². The van der Waals surface area contributed by atoms with Crippen LogP contribution in [0.5, 0.6) is 0 Å². The molecule has 17 heavy (non-hydrogen) atoms. The van der Waals surface area contributed by atoms with Crippen LogP contribution in [-0.4, -0.2) is 38.5 Å². The molecule has 0 saturated carbocycles. The Bertz CT molecular complexity index is 347. The molecule has 0 aromatic heterocycles. The smallest absolute Gasteiger partial charge is 0.125 e. The number of halogens is 1. The number of nitrogens with zero attached hydrogens (tertiary/aromatic N) is 1. The maximum absolute atomic E-state index is 13.3. The number of aliphatic hydroxyl groups excluding tert-OH is 1. The van der Waals surface area contributed by atoms with E-state index in [9.17, 15) is 4.39 Å². The molecule has 0 aliphatic carbocycles. The molecule has 0 radical (unpaired) electrons. The van der Waals surface area contributed by atoms with Crippen molar-refractivity contribution >= 4 is 5.69 Å². The number of aliphatic hydroxyl groups is 1. The van der Waals surface area contributed by atoms with Crippen molar-refractivity contribution in [3.05, 3.63) is 29.6 Å². The van der Waals surface area contributed by atoms with Crippen LogP contribution in [0.2, 0.25) is 0 Å². The molecule has 0 amide bonds. The average molecular weight is 242 g/mol. The van der Waals surface area contributed by atoms with E-state index < -0.39 is 0 Å². The standard InChI is InChI=1S/C12H19FN2O2/c1-15(2-4-17-5-3-16)12-7-10(9-14)6-11(13)8-12/h6-8,16H,2-5,9,14H2,1H3. The zero-order chi connectivity index (χ0) is 12.7. The first-order chi connectivity index (χ1) is 8.17. The largest absolute Gasteiger partial charge is 0.394 e. The summed E-state index contributed by atoms with van der Waals surface area (Å²) < 4.78 is 18.4. The maximum Gasteiger partial charge on any atom is 0.125 e. The van der Waals surface area contributed by atoms with Crippen LogP contribution in [0.3, 0.4) is 0 Å². The number of hydrogen-bond donors (Lipinski definition) is 2. The van der Waals surface area contributed by atoms with E-state index in [1.54, 1.807) is 0 Å². The van der Waals surface area contributed by atoms with E-state index in [4.69, 9.17) is 15.6 Å². The lowest BCUT2D eigenvalue weighted by atomic mass is 10.2. The Balaban J connectivity index is 2.55. The molecule has 0 aliphatic rings. The summed E-state index contributed by atoms with van der Waals surface area (Å²) in [7, 11) is 1.86. The van der Waals surface area contributed by atoms with Crippen LogP contribution in [0.15, 0.2) is 18.2 Å². The third-order valence-electron chi connectivity index (χ3n) is 2.43. The summed E-state index contributed by atoms with van der Waals surface area (Å²) in [6.07, 6.45) is 0. The minimum atomic E-state index is -0.286. The van der Waals surface area contributed by atoms with Gasteiger partial charge in [-0.25, -0.2) is 4.39 Å². The lowest BCUT2D eigenvalue weighted by molar-refractivity contribution is 0.0971. The third kappa shape index (κ3) is 4.68. The molecular formula is C12H19FN2O2. The van der Waals surface area contributed by atoms with Crippen LogP contribution in [-0.2, 0) is 11.3 Å². The first-order valence-electron chi connectivity index (χ1n) is 5.56. The normalized spacial score (nSPS) is 10.6. The zero-order valence-electron chi connectivity index (χ0n) is 10.0. The van der Waals surface area contributed by atoms with Crippen molar-refractivity contribution in [1.82, 2.24) is 0 Å². The van der Waals surface area contributed by atoms with Gasteiger partial charge >= 0.3 is 0 Å². The zero-order valence-corrected chi connectivity index (χ0v) is 10.0. The van der Waals surface area contributed by atoms with E-state index in [2.05, 4.69) is 0 Å². The quantitative estimate of drug-likeness (QED) is 0.692. The highest BCUT2D eigenvalue weighted by atomic mass is 19.1. The van der Waals surface area contributed by atoms with Gasteiger partial charge in [-0.15, -0.1) is 0 Å². The summed E-state index contributed by atoms with van der Waals surface area (Å²) in [6, 6.07) is 4.75. The second-order valence-corrected chi connectivity index (χ2v) is 3.78. The van der Waals surface area contributed by atoms with Crippen molar-refractivity contribution in [1.29, 1.82) is 0 Å². The van der Waals surface area contributed by atoms with Gasteiger partial charge in [-0.3, -0.25) is 0 Å². The van der Waals surface area contributed by atoms with Gasteiger partial charge in [0.15, 0.2) is 0 Å². The van der Waals surface area contributed by atoms with Gasteiger partial charge in [-0.1, -0.05) is 0 Å². The number of benzene rings is 1. The Kier molecular flexibility index (Phi) is 5.90. The fourth-order valence-electron chi connectivity index (χ4n) is 1.47. The molecule has 0 bridgehead atoms. The molecule has 0 saturated heterocycles. The molecule has 0 heterocycles. The lowest BCUT2D eigenvalue weighted by Gasteiger charge is -2.20. The number of hydrogen-bond acceptors (Lipinski definition) is 4. The molecule has 0 fully saturated rings. The number of anilines is 1. The van der Waals surface area contributed by atoms with Crippen LogP contribution in [0.1, 0.15) is 5.56 Å². The second-order valence-electron chi connectivity index (χ2n) is 3.78. The van der Waals surface area contributed by atoms with Gasteiger partial charge in [-0.2, -0.15) is 0 Å². The van der Waals surface area contributed by atoms with Crippen molar-refractivity contribution in [2.24, 2.45) is 5.73 Å². The number of likely N-dealkylation sites (N-methyl/N-ethyl adjacent to an activating group) is 1.